The smallest absolute Gasteiger partial charge is 0.329 e. The molecule has 0 amide bonds. The van der Waals surface area contributed by atoms with Crippen LogP contribution in [0.2, 0.25) is 0 Å². The van der Waals surface area contributed by atoms with Crippen molar-refractivity contribution in [2.24, 2.45) is 5.92 Å². The van der Waals surface area contributed by atoms with Crippen molar-refractivity contribution in [1.82, 2.24) is 9.97 Å². The van der Waals surface area contributed by atoms with Gasteiger partial charge in [-0.05, 0) is 51.4 Å². The molecule has 2 aliphatic rings. The molecular formula is C14H19N3O2. The minimum Gasteiger partial charge on any atom is -0.480 e. The predicted molar refractivity (Wildman–Crippen MR) is 71.1 cm³/mol. The average Bonchev–Trinajstić information content (AvgIpc) is 3.23. The van der Waals surface area contributed by atoms with Crippen LogP contribution in [0, 0.1) is 5.92 Å². The van der Waals surface area contributed by atoms with Crippen molar-refractivity contribution in [2.75, 3.05) is 5.32 Å². The Kier molecular flexibility index (Phi) is 2.92. The summed E-state index contributed by atoms with van der Waals surface area (Å²) in [5, 5.41) is 12.7. The standard InChI is InChI=1S/C14H19N3O2/c1-14(13(18)19,9-6-7-9)17-12-10-4-2-3-5-11(10)15-8-16-12/h8-9H,2-7H2,1H3,(H,18,19)(H,15,16,17). The molecule has 0 bridgehead atoms. The summed E-state index contributed by atoms with van der Waals surface area (Å²) in [5.41, 5.74) is 1.29. The summed E-state index contributed by atoms with van der Waals surface area (Å²) in [6, 6.07) is 0. The number of hydrogen-bond donors (Lipinski definition) is 2. The van der Waals surface area contributed by atoms with Crippen LogP contribution in [-0.4, -0.2) is 26.6 Å². The molecule has 1 unspecified atom stereocenters. The minimum atomic E-state index is -0.903. The maximum Gasteiger partial charge on any atom is 0.329 e. The molecule has 1 atom stereocenters. The second kappa shape index (κ2) is 4.47. The third kappa shape index (κ3) is 2.17. The van der Waals surface area contributed by atoms with Gasteiger partial charge in [0.05, 0.1) is 0 Å². The molecule has 0 spiro atoms. The maximum atomic E-state index is 11.6. The highest BCUT2D eigenvalue weighted by atomic mass is 16.4. The lowest BCUT2D eigenvalue weighted by Gasteiger charge is -2.29. The number of hydrogen-bond acceptors (Lipinski definition) is 4. The van der Waals surface area contributed by atoms with E-state index in [1.165, 1.54) is 0 Å². The highest BCUT2D eigenvalue weighted by Crippen LogP contribution is 2.42. The van der Waals surface area contributed by atoms with E-state index in [0.29, 0.717) is 0 Å². The largest absolute Gasteiger partial charge is 0.480 e. The SMILES string of the molecule is CC(Nc1ncnc2c1CCCC2)(C(=O)O)C1CC1. The third-order valence-electron chi connectivity index (χ3n) is 4.34. The number of aryl methyl sites for hydroxylation is 1. The first-order valence-corrected chi connectivity index (χ1v) is 6.95. The molecule has 5 heteroatoms. The Hall–Kier alpha value is -1.65. The average molecular weight is 261 g/mol. The van der Waals surface area contributed by atoms with E-state index in [2.05, 4.69) is 15.3 Å². The Labute approximate surface area is 112 Å². The van der Waals surface area contributed by atoms with Gasteiger partial charge in [-0.2, -0.15) is 0 Å². The van der Waals surface area contributed by atoms with Gasteiger partial charge in [-0.1, -0.05) is 0 Å². The number of aromatic nitrogens is 2. The van der Waals surface area contributed by atoms with E-state index in [-0.39, 0.29) is 5.92 Å². The maximum absolute atomic E-state index is 11.6. The summed E-state index contributed by atoms with van der Waals surface area (Å²) in [7, 11) is 0. The van der Waals surface area contributed by atoms with Gasteiger partial charge in [0.25, 0.3) is 0 Å². The molecule has 19 heavy (non-hydrogen) atoms. The number of nitrogens with zero attached hydrogens (tertiary/aromatic N) is 2. The fourth-order valence-corrected chi connectivity index (χ4v) is 2.87. The lowest BCUT2D eigenvalue weighted by Crippen LogP contribution is -2.46. The first-order valence-electron chi connectivity index (χ1n) is 6.95. The van der Waals surface area contributed by atoms with Gasteiger partial charge in [-0.3, -0.25) is 0 Å². The monoisotopic (exact) mass is 261 g/mol. The van der Waals surface area contributed by atoms with Crippen molar-refractivity contribution in [3.05, 3.63) is 17.6 Å². The number of carboxylic acid groups (broad SMARTS) is 1. The molecule has 3 rings (SSSR count). The van der Waals surface area contributed by atoms with Crippen molar-refractivity contribution in [1.29, 1.82) is 0 Å². The number of aliphatic carboxylic acids is 1. The zero-order valence-electron chi connectivity index (χ0n) is 11.1. The Morgan fingerprint density at radius 3 is 2.79 bits per heavy atom. The molecule has 1 saturated carbocycles. The van der Waals surface area contributed by atoms with Crippen LogP contribution in [0.25, 0.3) is 0 Å². The Balaban J connectivity index is 1.92. The fourth-order valence-electron chi connectivity index (χ4n) is 2.87. The van der Waals surface area contributed by atoms with Gasteiger partial charge in [-0.25, -0.2) is 14.8 Å². The van der Waals surface area contributed by atoms with Crippen LogP contribution < -0.4 is 5.32 Å². The van der Waals surface area contributed by atoms with E-state index in [9.17, 15) is 9.90 Å². The fraction of sp³-hybridized carbons (Fsp3) is 0.643. The number of nitrogens with one attached hydrogen (secondary N) is 1. The molecule has 1 aromatic heterocycles. The van der Waals surface area contributed by atoms with Crippen LogP contribution >= 0.6 is 0 Å². The zero-order valence-corrected chi connectivity index (χ0v) is 11.1. The number of carboxylic acids is 1. The molecule has 0 saturated heterocycles. The van der Waals surface area contributed by atoms with Gasteiger partial charge in [-0.15, -0.1) is 0 Å². The lowest BCUT2D eigenvalue weighted by molar-refractivity contribution is -0.142. The van der Waals surface area contributed by atoms with Gasteiger partial charge in [0.15, 0.2) is 0 Å². The summed E-state index contributed by atoms with van der Waals surface area (Å²) in [5.74, 6) is 0.138. The number of carbonyl (C=O) groups is 1. The molecular weight excluding hydrogens is 242 g/mol. The first-order chi connectivity index (χ1) is 9.11. The van der Waals surface area contributed by atoms with E-state index in [0.717, 1.165) is 55.6 Å². The summed E-state index contributed by atoms with van der Waals surface area (Å²) in [4.78, 5) is 20.2. The second-order valence-corrected chi connectivity index (χ2v) is 5.76. The van der Waals surface area contributed by atoms with E-state index < -0.39 is 11.5 Å². The van der Waals surface area contributed by atoms with E-state index in [1.54, 1.807) is 13.3 Å². The van der Waals surface area contributed by atoms with Crippen molar-refractivity contribution in [3.63, 3.8) is 0 Å². The van der Waals surface area contributed by atoms with Crippen molar-refractivity contribution < 1.29 is 9.90 Å². The molecule has 0 radical (unpaired) electrons. The van der Waals surface area contributed by atoms with Gasteiger partial charge in [0.2, 0.25) is 0 Å². The highest BCUT2D eigenvalue weighted by molar-refractivity contribution is 5.83. The van der Waals surface area contributed by atoms with E-state index in [4.69, 9.17) is 0 Å². The van der Waals surface area contributed by atoms with E-state index in [1.807, 2.05) is 0 Å². The molecule has 1 aromatic rings. The number of rotatable bonds is 4. The molecule has 0 aliphatic heterocycles. The zero-order chi connectivity index (χ0) is 13.5. The van der Waals surface area contributed by atoms with Crippen LogP contribution in [0.5, 0.6) is 0 Å². The van der Waals surface area contributed by atoms with Crippen molar-refractivity contribution in [3.8, 4) is 0 Å². The molecule has 1 heterocycles. The van der Waals surface area contributed by atoms with Gasteiger partial charge in [0, 0.05) is 11.3 Å². The summed E-state index contributed by atoms with van der Waals surface area (Å²) >= 11 is 0. The lowest BCUT2D eigenvalue weighted by atomic mass is 9.93. The molecule has 5 nitrogen and oxygen atoms in total. The quantitative estimate of drug-likeness (QED) is 0.867. The van der Waals surface area contributed by atoms with Crippen LogP contribution in [0.3, 0.4) is 0 Å². The first kappa shape index (κ1) is 12.4. The molecule has 1 fully saturated rings. The highest BCUT2D eigenvalue weighted by Gasteiger charge is 2.48. The van der Waals surface area contributed by atoms with Crippen molar-refractivity contribution >= 4 is 11.8 Å². The normalized spacial score (nSPS) is 21.3. The number of fused-ring (bicyclic) bond motifs is 1. The topological polar surface area (TPSA) is 75.1 Å². The molecule has 2 N–H and O–H groups in total. The summed E-state index contributed by atoms with van der Waals surface area (Å²) in [6.45, 7) is 1.77. The van der Waals surface area contributed by atoms with Crippen molar-refractivity contribution in [2.45, 2.75) is 51.0 Å². The predicted octanol–water partition coefficient (Wildman–Crippen LogP) is 2.02. The van der Waals surface area contributed by atoms with Gasteiger partial charge < -0.3 is 10.4 Å². The van der Waals surface area contributed by atoms with Crippen LogP contribution in [-0.2, 0) is 17.6 Å². The van der Waals surface area contributed by atoms with Crippen LogP contribution in [0.4, 0.5) is 5.82 Å². The number of anilines is 1. The van der Waals surface area contributed by atoms with E-state index >= 15 is 0 Å². The van der Waals surface area contributed by atoms with Gasteiger partial charge in [0.1, 0.15) is 17.7 Å². The molecule has 102 valence electrons. The second-order valence-electron chi connectivity index (χ2n) is 5.76. The summed E-state index contributed by atoms with van der Waals surface area (Å²) < 4.78 is 0. The van der Waals surface area contributed by atoms with Crippen LogP contribution in [0.1, 0.15) is 43.9 Å². The third-order valence-corrected chi connectivity index (χ3v) is 4.34. The summed E-state index contributed by atoms with van der Waals surface area (Å²) in [6.07, 6.45) is 7.69. The minimum absolute atomic E-state index is 0.208. The van der Waals surface area contributed by atoms with Gasteiger partial charge >= 0.3 is 5.97 Å². The molecule has 0 aromatic carbocycles. The van der Waals surface area contributed by atoms with Crippen LogP contribution in [0.15, 0.2) is 6.33 Å². The Morgan fingerprint density at radius 1 is 1.37 bits per heavy atom. The Bertz CT molecular complexity index is 513. The molecule has 2 aliphatic carbocycles. The Morgan fingerprint density at radius 2 is 2.11 bits per heavy atom.